The third-order valence-corrected chi connectivity index (χ3v) is 6.18. The normalized spacial score (nSPS) is 12.6. The number of nitrogens with zero attached hydrogens (tertiary/aromatic N) is 2. The summed E-state index contributed by atoms with van der Waals surface area (Å²) in [6.45, 7) is 3.70. The van der Waals surface area contributed by atoms with E-state index in [9.17, 15) is 27.2 Å². The second-order valence-corrected chi connectivity index (χ2v) is 8.92. The van der Waals surface area contributed by atoms with Crippen molar-refractivity contribution >= 4 is 22.7 Å². The molecule has 0 bridgehead atoms. The van der Waals surface area contributed by atoms with Gasteiger partial charge in [0.15, 0.2) is 0 Å². The molecule has 0 fully saturated rings. The SMILES string of the molecule is C=C(OC)[C@H](Cc1cc2ccccc2n1C)NC(=O)/C(N)=C/N(N)CCNC(=O)c1ccc(C(F)(F)F)cc1F. The number of nitrogens with one attached hydrogen (secondary N) is 2. The summed E-state index contributed by atoms with van der Waals surface area (Å²) >= 11 is 0. The van der Waals surface area contributed by atoms with Crippen LogP contribution in [0.1, 0.15) is 21.6 Å². The van der Waals surface area contributed by atoms with E-state index in [2.05, 4.69) is 17.2 Å². The number of aromatic nitrogens is 1. The molecule has 0 radical (unpaired) electrons. The minimum atomic E-state index is -4.73. The number of ether oxygens (including phenoxy) is 1. The molecule has 0 aliphatic carbocycles. The maximum absolute atomic E-state index is 14.0. The number of para-hydroxylation sites is 1. The van der Waals surface area contributed by atoms with E-state index in [1.807, 2.05) is 41.9 Å². The zero-order valence-corrected chi connectivity index (χ0v) is 21.9. The fraction of sp³-hybridized carbons (Fsp3) is 0.259. The summed E-state index contributed by atoms with van der Waals surface area (Å²) in [7, 11) is 3.35. The van der Waals surface area contributed by atoms with Gasteiger partial charge in [0.1, 0.15) is 17.3 Å². The van der Waals surface area contributed by atoms with E-state index in [0.29, 0.717) is 18.2 Å². The predicted molar refractivity (Wildman–Crippen MR) is 142 cm³/mol. The van der Waals surface area contributed by atoms with Gasteiger partial charge in [-0.1, -0.05) is 24.8 Å². The van der Waals surface area contributed by atoms with E-state index in [1.165, 1.54) is 7.11 Å². The van der Waals surface area contributed by atoms with E-state index in [0.717, 1.165) is 33.9 Å². The number of benzene rings is 2. The summed E-state index contributed by atoms with van der Waals surface area (Å²) in [6.07, 6.45) is -3.22. The van der Waals surface area contributed by atoms with Gasteiger partial charge in [0.25, 0.3) is 11.8 Å². The van der Waals surface area contributed by atoms with Crippen molar-refractivity contribution in [3.05, 3.63) is 95.4 Å². The molecule has 0 aliphatic heterocycles. The number of carbonyl (C=O) groups excluding carboxylic acids is 2. The molecule has 3 aromatic rings. The number of rotatable bonds is 11. The highest BCUT2D eigenvalue weighted by Crippen LogP contribution is 2.30. The Morgan fingerprint density at radius 1 is 1.20 bits per heavy atom. The summed E-state index contributed by atoms with van der Waals surface area (Å²) < 4.78 is 59.3. The van der Waals surface area contributed by atoms with E-state index < -0.39 is 41.0 Å². The molecule has 0 spiro atoms. The summed E-state index contributed by atoms with van der Waals surface area (Å²) in [5, 5.41) is 7.18. The number of amides is 2. The van der Waals surface area contributed by atoms with Crippen LogP contribution < -0.4 is 22.2 Å². The Morgan fingerprint density at radius 2 is 1.90 bits per heavy atom. The molecule has 1 heterocycles. The van der Waals surface area contributed by atoms with Crippen molar-refractivity contribution in [1.29, 1.82) is 0 Å². The van der Waals surface area contributed by atoms with Crippen LogP contribution in [0.25, 0.3) is 10.9 Å². The number of nitrogens with two attached hydrogens (primary N) is 2. The minimum absolute atomic E-state index is 0.0495. The average Bonchev–Trinajstić information content (AvgIpc) is 3.21. The van der Waals surface area contributed by atoms with Gasteiger partial charge >= 0.3 is 6.18 Å². The van der Waals surface area contributed by atoms with Gasteiger partial charge in [-0.2, -0.15) is 13.2 Å². The van der Waals surface area contributed by atoms with E-state index in [-0.39, 0.29) is 24.9 Å². The second kappa shape index (κ2) is 12.6. The van der Waals surface area contributed by atoms with Crippen LogP contribution in [0, 0.1) is 5.82 Å². The molecule has 214 valence electrons. The van der Waals surface area contributed by atoms with Crippen LogP contribution in [0.2, 0.25) is 0 Å². The molecule has 6 N–H and O–H groups in total. The first kappa shape index (κ1) is 30.0. The lowest BCUT2D eigenvalue weighted by molar-refractivity contribution is -0.137. The molecular formula is C27H30F4N6O3. The third-order valence-electron chi connectivity index (χ3n) is 6.18. The van der Waals surface area contributed by atoms with E-state index >= 15 is 0 Å². The fourth-order valence-electron chi connectivity index (χ4n) is 3.95. The Labute approximate surface area is 228 Å². The Balaban J connectivity index is 1.57. The lowest BCUT2D eigenvalue weighted by Gasteiger charge is -2.21. The van der Waals surface area contributed by atoms with Gasteiger partial charge in [-0.3, -0.25) is 9.59 Å². The first-order chi connectivity index (χ1) is 18.8. The van der Waals surface area contributed by atoms with Crippen LogP contribution in [-0.2, 0) is 29.2 Å². The van der Waals surface area contributed by atoms with Crippen LogP contribution in [0.5, 0.6) is 0 Å². The number of alkyl halides is 3. The molecule has 2 amide bonds. The summed E-state index contributed by atoms with van der Waals surface area (Å²) in [4.78, 5) is 24.9. The molecule has 3 rings (SSSR count). The largest absolute Gasteiger partial charge is 0.500 e. The van der Waals surface area contributed by atoms with Crippen molar-refractivity contribution < 1.29 is 31.9 Å². The highest BCUT2D eigenvalue weighted by molar-refractivity contribution is 5.94. The predicted octanol–water partition coefficient (Wildman–Crippen LogP) is 2.93. The maximum atomic E-state index is 14.0. The Morgan fingerprint density at radius 3 is 2.52 bits per heavy atom. The molecule has 1 atom stereocenters. The fourth-order valence-corrected chi connectivity index (χ4v) is 3.95. The number of aryl methyl sites for hydroxylation is 1. The van der Waals surface area contributed by atoms with Gasteiger partial charge in [-0.05, 0) is 35.7 Å². The molecule has 9 nitrogen and oxygen atoms in total. The third kappa shape index (κ3) is 7.32. The summed E-state index contributed by atoms with van der Waals surface area (Å²) in [6, 6.07) is 10.8. The standard InChI is InChI=1S/C27H30F4N6O3/c1-16(40-3)23(14-19-12-17-6-4-5-7-24(17)36(19)2)35-26(39)22(32)15-37(33)11-10-34-25(38)20-9-8-18(13-21(20)28)27(29,30)31/h4-9,12-13,15,23H,1,10-11,14,32-33H2,2-3H3,(H,34,38)(H,35,39)/b22-15-/t23-/m0/s1. The van der Waals surface area contributed by atoms with Crippen LogP contribution in [0.15, 0.2) is 72.8 Å². The average molecular weight is 563 g/mol. The summed E-state index contributed by atoms with van der Waals surface area (Å²) in [5.74, 6) is 3.27. The van der Waals surface area contributed by atoms with E-state index in [4.69, 9.17) is 16.3 Å². The van der Waals surface area contributed by atoms with Crippen molar-refractivity contribution in [2.24, 2.45) is 18.6 Å². The lowest BCUT2D eigenvalue weighted by Crippen LogP contribution is -2.42. The lowest BCUT2D eigenvalue weighted by atomic mass is 10.1. The molecule has 0 saturated heterocycles. The van der Waals surface area contributed by atoms with Gasteiger partial charge < -0.3 is 30.7 Å². The summed E-state index contributed by atoms with van der Waals surface area (Å²) in [5.41, 5.74) is 5.85. The molecule has 13 heteroatoms. The van der Waals surface area contributed by atoms with Crippen molar-refractivity contribution in [3.63, 3.8) is 0 Å². The van der Waals surface area contributed by atoms with Gasteiger partial charge in [0.05, 0.1) is 30.8 Å². The Bertz CT molecular complexity index is 1430. The van der Waals surface area contributed by atoms with Crippen LogP contribution in [0.3, 0.4) is 0 Å². The van der Waals surface area contributed by atoms with Crippen LogP contribution >= 0.6 is 0 Å². The monoisotopic (exact) mass is 562 g/mol. The topological polar surface area (TPSA) is 128 Å². The molecular weight excluding hydrogens is 532 g/mol. The molecule has 1 aromatic heterocycles. The number of halogens is 4. The number of carbonyl (C=O) groups is 2. The van der Waals surface area contributed by atoms with Crippen molar-refractivity contribution in [2.75, 3.05) is 20.2 Å². The van der Waals surface area contributed by atoms with Crippen molar-refractivity contribution in [3.8, 4) is 0 Å². The Kier molecular flexibility index (Phi) is 9.43. The number of fused-ring (bicyclic) bond motifs is 1. The molecule has 0 saturated carbocycles. The first-order valence-electron chi connectivity index (χ1n) is 12.0. The molecule has 0 aliphatic rings. The number of hydrazine groups is 1. The van der Waals surface area contributed by atoms with Gasteiger partial charge in [0, 0.05) is 37.4 Å². The molecule has 40 heavy (non-hydrogen) atoms. The second-order valence-electron chi connectivity index (χ2n) is 8.92. The maximum Gasteiger partial charge on any atom is 0.416 e. The quantitative estimate of drug-likeness (QED) is 0.0936. The van der Waals surface area contributed by atoms with Crippen molar-refractivity contribution in [2.45, 2.75) is 18.6 Å². The highest BCUT2D eigenvalue weighted by Gasteiger charge is 2.31. The van der Waals surface area contributed by atoms with Crippen molar-refractivity contribution in [1.82, 2.24) is 20.2 Å². The first-order valence-corrected chi connectivity index (χ1v) is 12.0. The van der Waals surface area contributed by atoms with Crippen LogP contribution in [-0.4, -0.2) is 47.6 Å². The van der Waals surface area contributed by atoms with Crippen LogP contribution in [0.4, 0.5) is 17.6 Å². The number of hydrogen-bond donors (Lipinski definition) is 4. The van der Waals surface area contributed by atoms with Gasteiger partial charge in [-0.15, -0.1) is 0 Å². The highest BCUT2D eigenvalue weighted by atomic mass is 19.4. The zero-order chi connectivity index (χ0) is 29.6. The number of hydrogen-bond acceptors (Lipinski definition) is 6. The smallest absolute Gasteiger partial charge is 0.416 e. The Hall–Kier alpha value is -4.52. The zero-order valence-electron chi connectivity index (χ0n) is 21.9. The minimum Gasteiger partial charge on any atom is -0.500 e. The number of methoxy groups -OCH3 is 1. The molecule has 2 aromatic carbocycles. The van der Waals surface area contributed by atoms with Gasteiger partial charge in [0.2, 0.25) is 0 Å². The molecule has 0 unspecified atom stereocenters. The van der Waals surface area contributed by atoms with Gasteiger partial charge in [-0.25, -0.2) is 10.2 Å². The van der Waals surface area contributed by atoms with E-state index in [1.54, 1.807) is 0 Å².